The van der Waals surface area contributed by atoms with Crippen LogP contribution in [0.2, 0.25) is 0 Å². The van der Waals surface area contributed by atoms with E-state index in [9.17, 15) is 9.18 Å². The molecule has 0 saturated carbocycles. The summed E-state index contributed by atoms with van der Waals surface area (Å²) < 4.78 is 13.8. The van der Waals surface area contributed by atoms with Crippen molar-refractivity contribution in [2.75, 3.05) is 6.54 Å². The van der Waals surface area contributed by atoms with E-state index in [1.807, 2.05) is 27.0 Å². The SMILES string of the molecule is CC(C)(C)C(=O)N1C=C2NNC=C3C=C(F)C=C4NC(=C2C34)C1. The van der Waals surface area contributed by atoms with E-state index in [0.717, 1.165) is 28.2 Å². The van der Waals surface area contributed by atoms with Crippen LogP contribution in [0.5, 0.6) is 0 Å². The van der Waals surface area contributed by atoms with Gasteiger partial charge in [0.25, 0.3) is 0 Å². The Balaban J connectivity index is 1.75. The third kappa shape index (κ3) is 2.09. The number of amides is 1. The summed E-state index contributed by atoms with van der Waals surface area (Å²) in [5.74, 6) is -0.234. The maximum Gasteiger partial charge on any atom is 0.232 e. The van der Waals surface area contributed by atoms with E-state index in [1.165, 1.54) is 12.2 Å². The number of rotatable bonds is 0. The van der Waals surface area contributed by atoms with Gasteiger partial charge in [-0.3, -0.25) is 10.2 Å². The molecule has 5 nitrogen and oxygen atoms in total. The molecule has 0 fully saturated rings. The highest BCUT2D eigenvalue weighted by Crippen LogP contribution is 2.44. The molecule has 3 aliphatic heterocycles. The third-order valence-corrected chi connectivity index (χ3v) is 4.40. The number of allylic oxidation sites excluding steroid dienone is 5. The molecule has 0 aromatic rings. The lowest BCUT2D eigenvalue weighted by molar-refractivity contribution is -0.136. The molecule has 0 aromatic carbocycles. The quantitative estimate of drug-likeness (QED) is 0.639. The Morgan fingerprint density at radius 2 is 2.13 bits per heavy atom. The summed E-state index contributed by atoms with van der Waals surface area (Å²) in [6.07, 6.45) is 6.68. The number of hydrogen-bond acceptors (Lipinski definition) is 4. The van der Waals surface area contributed by atoms with Gasteiger partial charge in [-0.15, -0.1) is 0 Å². The minimum atomic E-state index is -0.463. The predicted octanol–water partition coefficient (Wildman–Crippen LogP) is 1.93. The standard InChI is InChI=1S/C17H19FN4O/c1-17(2,3)16(23)22-7-12-15-13(8-22)21-19-6-9-4-10(18)5-11(20-12)14(9)15/h4-6,8,14,19-21H,7H2,1-3H3. The van der Waals surface area contributed by atoms with Gasteiger partial charge in [-0.25, -0.2) is 4.39 Å². The summed E-state index contributed by atoms with van der Waals surface area (Å²) in [6.45, 7) is 6.18. The van der Waals surface area contributed by atoms with Crippen LogP contribution in [-0.4, -0.2) is 17.4 Å². The molecule has 1 unspecified atom stereocenters. The molecule has 0 spiro atoms. The van der Waals surface area contributed by atoms with Gasteiger partial charge in [-0.1, -0.05) is 20.8 Å². The van der Waals surface area contributed by atoms with Gasteiger partial charge in [0.2, 0.25) is 5.91 Å². The van der Waals surface area contributed by atoms with Gasteiger partial charge >= 0.3 is 0 Å². The van der Waals surface area contributed by atoms with Crippen LogP contribution in [-0.2, 0) is 4.79 Å². The zero-order valence-electron chi connectivity index (χ0n) is 13.3. The molecule has 4 rings (SSSR count). The zero-order valence-corrected chi connectivity index (χ0v) is 13.3. The Morgan fingerprint density at radius 3 is 2.87 bits per heavy atom. The summed E-state index contributed by atoms with van der Waals surface area (Å²) in [5, 5.41) is 3.31. The van der Waals surface area contributed by atoms with Crippen LogP contribution in [0.15, 0.2) is 58.6 Å². The molecule has 3 heterocycles. The Bertz CT molecular complexity index is 764. The molecule has 23 heavy (non-hydrogen) atoms. The smallest absolute Gasteiger partial charge is 0.232 e. The number of nitrogens with zero attached hydrogens (tertiary/aromatic N) is 1. The first kappa shape index (κ1) is 14.1. The molecule has 1 aliphatic carbocycles. The molecule has 6 heteroatoms. The van der Waals surface area contributed by atoms with E-state index in [4.69, 9.17) is 0 Å². The van der Waals surface area contributed by atoms with Crippen molar-refractivity contribution in [2.24, 2.45) is 11.3 Å². The van der Waals surface area contributed by atoms with Gasteiger partial charge in [0.1, 0.15) is 5.83 Å². The largest absolute Gasteiger partial charge is 0.360 e. The van der Waals surface area contributed by atoms with Crippen LogP contribution in [0.4, 0.5) is 4.39 Å². The number of hydrazine groups is 1. The number of carbonyl (C=O) groups is 1. The number of carbonyl (C=O) groups excluding carboxylic acids is 1. The first-order valence-electron chi connectivity index (χ1n) is 7.68. The number of hydrogen-bond donors (Lipinski definition) is 3. The van der Waals surface area contributed by atoms with Crippen LogP contribution < -0.4 is 16.2 Å². The van der Waals surface area contributed by atoms with Gasteiger partial charge in [0.15, 0.2) is 0 Å². The maximum absolute atomic E-state index is 13.8. The van der Waals surface area contributed by atoms with Gasteiger partial charge in [0, 0.05) is 34.8 Å². The molecular weight excluding hydrogens is 295 g/mol. The van der Waals surface area contributed by atoms with Crippen molar-refractivity contribution in [1.82, 2.24) is 21.1 Å². The molecule has 0 aromatic heterocycles. The second-order valence-corrected chi connectivity index (χ2v) is 7.22. The van der Waals surface area contributed by atoms with Gasteiger partial charge < -0.3 is 15.6 Å². The Morgan fingerprint density at radius 1 is 1.35 bits per heavy atom. The number of halogens is 1. The summed E-state index contributed by atoms with van der Waals surface area (Å²) in [5.41, 5.74) is 10.2. The Kier molecular flexibility index (Phi) is 2.76. The first-order chi connectivity index (χ1) is 10.8. The van der Waals surface area contributed by atoms with Crippen LogP contribution in [0.25, 0.3) is 0 Å². The molecule has 4 aliphatic rings. The van der Waals surface area contributed by atoms with Crippen LogP contribution in [0, 0.1) is 11.3 Å². The fourth-order valence-electron chi connectivity index (χ4n) is 3.41. The van der Waals surface area contributed by atoms with E-state index in [0.29, 0.717) is 6.54 Å². The lowest BCUT2D eigenvalue weighted by atomic mass is 9.85. The average molecular weight is 314 g/mol. The fourth-order valence-corrected chi connectivity index (χ4v) is 3.41. The second-order valence-electron chi connectivity index (χ2n) is 7.22. The summed E-state index contributed by atoms with van der Waals surface area (Å²) >= 11 is 0. The van der Waals surface area contributed by atoms with E-state index >= 15 is 0 Å². The molecular formula is C17H19FN4O. The summed E-state index contributed by atoms with van der Waals surface area (Å²) in [6, 6.07) is 0. The van der Waals surface area contributed by atoms with E-state index in [2.05, 4.69) is 16.2 Å². The fraction of sp³-hybridized carbons (Fsp3) is 0.353. The minimum absolute atomic E-state index is 0.00913. The van der Waals surface area contributed by atoms with E-state index in [1.54, 1.807) is 11.1 Å². The minimum Gasteiger partial charge on any atom is -0.360 e. The molecule has 1 amide bonds. The van der Waals surface area contributed by atoms with Crippen molar-refractivity contribution >= 4 is 5.91 Å². The molecule has 0 bridgehead atoms. The first-order valence-corrected chi connectivity index (χ1v) is 7.68. The van der Waals surface area contributed by atoms with Gasteiger partial charge in [-0.2, -0.15) is 0 Å². The van der Waals surface area contributed by atoms with Crippen LogP contribution >= 0.6 is 0 Å². The Hall–Kier alpha value is -2.50. The third-order valence-electron chi connectivity index (χ3n) is 4.40. The van der Waals surface area contributed by atoms with E-state index in [-0.39, 0.29) is 17.7 Å². The van der Waals surface area contributed by atoms with Crippen molar-refractivity contribution in [3.8, 4) is 0 Å². The van der Waals surface area contributed by atoms with Crippen molar-refractivity contribution in [2.45, 2.75) is 20.8 Å². The van der Waals surface area contributed by atoms with Gasteiger partial charge in [-0.05, 0) is 17.7 Å². The molecule has 3 N–H and O–H groups in total. The lowest BCUT2D eigenvalue weighted by Gasteiger charge is -2.31. The van der Waals surface area contributed by atoms with Crippen LogP contribution in [0.3, 0.4) is 0 Å². The van der Waals surface area contributed by atoms with Crippen molar-refractivity contribution in [3.63, 3.8) is 0 Å². The Labute approximate surface area is 134 Å². The summed E-state index contributed by atoms with van der Waals surface area (Å²) in [4.78, 5) is 14.3. The monoisotopic (exact) mass is 314 g/mol. The highest BCUT2D eigenvalue weighted by atomic mass is 19.1. The number of nitrogens with one attached hydrogen (secondary N) is 3. The maximum atomic E-state index is 13.8. The van der Waals surface area contributed by atoms with Crippen molar-refractivity contribution in [3.05, 3.63) is 58.6 Å². The normalized spacial score (nSPS) is 25.0. The average Bonchev–Trinajstić information content (AvgIpc) is 2.71. The van der Waals surface area contributed by atoms with Gasteiger partial charge in [0.05, 0.1) is 18.2 Å². The van der Waals surface area contributed by atoms with E-state index < -0.39 is 5.41 Å². The predicted molar refractivity (Wildman–Crippen MR) is 84.5 cm³/mol. The molecule has 120 valence electrons. The zero-order chi connectivity index (χ0) is 16.4. The topological polar surface area (TPSA) is 56.4 Å². The van der Waals surface area contributed by atoms with Crippen molar-refractivity contribution < 1.29 is 9.18 Å². The lowest BCUT2D eigenvalue weighted by Crippen LogP contribution is -2.42. The van der Waals surface area contributed by atoms with Crippen LogP contribution in [0.1, 0.15) is 20.8 Å². The molecule has 0 saturated heterocycles. The highest BCUT2D eigenvalue weighted by Gasteiger charge is 2.41. The highest BCUT2D eigenvalue weighted by molar-refractivity contribution is 5.83. The molecule has 0 radical (unpaired) electrons. The summed E-state index contributed by atoms with van der Waals surface area (Å²) in [7, 11) is 0. The second kappa shape index (κ2) is 4.50. The van der Waals surface area contributed by atoms with Crippen molar-refractivity contribution in [1.29, 1.82) is 0 Å². The molecule has 1 atom stereocenters.